The Labute approximate surface area is 131 Å². The SMILES string of the molecule is CC(CC(=O)Nc1ccc(S(N)(=O)=O)cc1)C1CCCNC1. The third-order valence-electron chi connectivity index (χ3n) is 4.11. The second-order valence-corrected chi connectivity index (χ2v) is 7.47. The summed E-state index contributed by atoms with van der Waals surface area (Å²) in [4.78, 5) is 12.1. The molecule has 0 bridgehead atoms. The molecule has 1 aliphatic heterocycles. The smallest absolute Gasteiger partial charge is 0.238 e. The van der Waals surface area contributed by atoms with Crippen molar-refractivity contribution in [3.8, 4) is 0 Å². The first kappa shape index (κ1) is 16.9. The summed E-state index contributed by atoms with van der Waals surface area (Å²) in [5.41, 5.74) is 0.575. The van der Waals surface area contributed by atoms with Gasteiger partial charge in [0.2, 0.25) is 15.9 Å². The van der Waals surface area contributed by atoms with Crippen LogP contribution in [0.25, 0.3) is 0 Å². The van der Waals surface area contributed by atoms with Gasteiger partial charge in [-0.05, 0) is 62.0 Å². The molecule has 0 saturated carbocycles. The highest BCUT2D eigenvalue weighted by molar-refractivity contribution is 7.89. The number of primary sulfonamides is 1. The molecule has 7 heteroatoms. The van der Waals surface area contributed by atoms with Crippen LogP contribution in [0.2, 0.25) is 0 Å². The second-order valence-electron chi connectivity index (χ2n) is 5.91. The molecule has 2 atom stereocenters. The summed E-state index contributed by atoms with van der Waals surface area (Å²) in [6.45, 7) is 4.13. The Morgan fingerprint density at radius 2 is 2.09 bits per heavy atom. The fourth-order valence-corrected chi connectivity index (χ4v) is 3.28. The lowest BCUT2D eigenvalue weighted by atomic mass is 9.85. The van der Waals surface area contributed by atoms with E-state index >= 15 is 0 Å². The van der Waals surface area contributed by atoms with Gasteiger partial charge in [0.1, 0.15) is 0 Å². The number of sulfonamides is 1. The number of anilines is 1. The van der Waals surface area contributed by atoms with E-state index in [1.807, 2.05) is 0 Å². The number of piperidine rings is 1. The van der Waals surface area contributed by atoms with E-state index in [1.165, 1.54) is 12.1 Å². The summed E-state index contributed by atoms with van der Waals surface area (Å²) >= 11 is 0. The minimum Gasteiger partial charge on any atom is -0.326 e. The van der Waals surface area contributed by atoms with Gasteiger partial charge in [-0.15, -0.1) is 0 Å². The Hall–Kier alpha value is -1.44. The minimum absolute atomic E-state index is 0.0344. The number of benzene rings is 1. The summed E-state index contributed by atoms with van der Waals surface area (Å²) in [7, 11) is -3.70. The molecular weight excluding hydrogens is 302 g/mol. The van der Waals surface area contributed by atoms with Crippen molar-refractivity contribution < 1.29 is 13.2 Å². The van der Waals surface area contributed by atoms with Crippen LogP contribution < -0.4 is 15.8 Å². The van der Waals surface area contributed by atoms with E-state index in [9.17, 15) is 13.2 Å². The van der Waals surface area contributed by atoms with Gasteiger partial charge in [0, 0.05) is 12.1 Å². The number of hydrogen-bond acceptors (Lipinski definition) is 4. The van der Waals surface area contributed by atoms with Gasteiger partial charge in [0.15, 0.2) is 0 Å². The number of nitrogens with two attached hydrogens (primary N) is 1. The van der Waals surface area contributed by atoms with Gasteiger partial charge in [0.25, 0.3) is 0 Å². The van der Waals surface area contributed by atoms with E-state index in [1.54, 1.807) is 12.1 Å². The van der Waals surface area contributed by atoms with Crippen molar-refractivity contribution in [3.63, 3.8) is 0 Å². The first-order chi connectivity index (χ1) is 10.4. The van der Waals surface area contributed by atoms with Crippen molar-refractivity contribution in [2.24, 2.45) is 17.0 Å². The van der Waals surface area contributed by atoms with Crippen LogP contribution in [0, 0.1) is 11.8 Å². The number of rotatable bonds is 5. The molecule has 1 amide bonds. The van der Waals surface area contributed by atoms with Gasteiger partial charge >= 0.3 is 0 Å². The maximum atomic E-state index is 12.1. The number of hydrogen-bond donors (Lipinski definition) is 3. The van der Waals surface area contributed by atoms with E-state index in [-0.39, 0.29) is 10.8 Å². The first-order valence-corrected chi connectivity index (χ1v) is 9.04. The van der Waals surface area contributed by atoms with Crippen LogP contribution in [-0.4, -0.2) is 27.4 Å². The summed E-state index contributed by atoms with van der Waals surface area (Å²) in [6.07, 6.45) is 2.78. The third kappa shape index (κ3) is 4.79. The molecule has 1 saturated heterocycles. The van der Waals surface area contributed by atoms with Crippen molar-refractivity contribution >= 4 is 21.6 Å². The maximum absolute atomic E-state index is 12.1. The molecule has 22 heavy (non-hydrogen) atoms. The van der Waals surface area contributed by atoms with E-state index in [0.29, 0.717) is 23.9 Å². The normalized spacial score (nSPS) is 20.4. The number of carbonyl (C=O) groups excluding carboxylic acids is 1. The van der Waals surface area contributed by atoms with Crippen molar-refractivity contribution in [1.29, 1.82) is 0 Å². The molecule has 122 valence electrons. The van der Waals surface area contributed by atoms with Crippen molar-refractivity contribution in [2.75, 3.05) is 18.4 Å². The highest BCUT2D eigenvalue weighted by Crippen LogP contribution is 2.23. The molecule has 0 radical (unpaired) electrons. The molecule has 1 aliphatic rings. The van der Waals surface area contributed by atoms with Gasteiger partial charge in [-0.25, -0.2) is 13.6 Å². The van der Waals surface area contributed by atoms with Crippen LogP contribution in [0.15, 0.2) is 29.2 Å². The monoisotopic (exact) mass is 325 g/mol. The van der Waals surface area contributed by atoms with Gasteiger partial charge in [-0.3, -0.25) is 4.79 Å². The highest BCUT2D eigenvalue weighted by Gasteiger charge is 2.22. The van der Waals surface area contributed by atoms with E-state index < -0.39 is 10.0 Å². The molecule has 1 aromatic rings. The Morgan fingerprint density at radius 1 is 1.41 bits per heavy atom. The maximum Gasteiger partial charge on any atom is 0.238 e. The first-order valence-electron chi connectivity index (χ1n) is 7.49. The average molecular weight is 325 g/mol. The summed E-state index contributed by atoms with van der Waals surface area (Å²) < 4.78 is 22.3. The van der Waals surface area contributed by atoms with Crippen LogP contribution in [-0.2, 0) is 14.8 Å². The molecule has 1 aromatic carbocycles. The van der Waals surface area contributed by atoms with Crippen LogP contribution >= 0.6 is 0 Å². The lowest BCUT2D eigenvalue weighted by Gasteiger charge is -2.28. The Morgan fingerprint density at radius 3 is 2.64 bits per heavy atom. The molecule has 1 heterocycles. The molecule has 1 fully saturated rings. The standard InChI is InChI=1S/C15H23N3O3S/c1-11(12-3-2-8-17-10-12)9-15(19)18-13-4-6-14(7-5-13)22(16,20)21/h4-7,11-12,17H,2-3,8-10H2,1H3,(H,18,19)(H2,16,20,21). The molecular formula is C15H23N3O3S. The predicted octanol–water partition coefficient (Wildman–Crippen LogP) is 1.30. The second kappa shape index (κ2) is 7.21. The minimum atomic E-state index is -3.70. The van der Waals surface area contributed by atoms with Gasteiger partial charge in [0.05, 0.1) is 4.90 Å². The van der Waals surface area contributed by atoms with Crippen LogP contribution in [0.5, 0.6) is 0 Å². The zero-order chi connectivity index (χ0) is 16.2. The van der Waals surface area contributed by atoms with Gasteiger partial charge < -0.3 is 10.6 Å². The quantitative estimate of drug-likeness (QED) is 0.759. The predicted molar refractivity (Wildman–Crippen MR) is 85.8 cm³/mol. The zero-order valence-electron chi connectivity index (χ0n) is 12.7. The number of amides is 1. The third-order valence-corrected chi connectivity index (χ3v) is 5.04. The van der Waals surface area contributed by atoms with Crippen LogP contribution in [0.3, 0.4) is 0 Å². The molecule has 6 nitrogen and oxygen atoms in total. The summed E-state index contributed by atoms with van der Waals surface area (Å²) in [6, 6.07) is 5.87. The molecule has 0 aliphatic carbocycles. The molecule has 2 unspecified atom stereocenters. The number of nitrogens with one attached hydrogen (secondary N) is 2. The fourth-order valence-electron chi connectivity index (χ4n) is 2.76. The lowest BCUT2D eigenvalue weighted by Crippen LogP contribution is -2.34. The molecule has 0 aromatic heterocycles. The Bertz CT molecular complexity index is 607. The summed E-state index contributed by atoms with van der Waals surface area (Å²) in [5, 5.41) is 11.2. The zero-order valence-corrected chi connectivity index (χ0v) is 13.5. The van der Waals surface area contributed by atoms with Crippen LogP contribution in [0.1, 0.15) is 26.2 Å². The van der Waals surface area contributed by atoms with Crippen molar-refractivity contribution in [2.45, 2.75) is 31.1 Å². The molecule has 0 spiro atoms. The largest absolute Gasteiger partial charge is 0.326 e. The highest BCUT2D eigenvalue weighted by atomic mass is 32.2. The fraction of sp³-hybridized carbons (Fsp3) is 0.533. The molecule has 4 N–H and O–H groups in total. The topological polar surface area (TPSA) is 101 Å². The van der Waals surface area contributed by atoms with Gasteiger partial charge in [-0.1, -0.05) is 6.92 Å². The summed E-state index contributed by atoms with van der Waals surface area (Å²) in [5.74, 6) is 0.794. The average Bonchev–Trinajstić information content (AvgIpc) is 2.47. The molecule has 2 rings (SSSR count). The van der Waals surface area contributed by atoms with E-state index in [4.69, 9.17) is 5.14 Å². The van der Waals surface area contributed by atoms with Crippen molar-refractivity contribution in [3.05, 3.63) is 24.3 Å². The Balaban J connectivity index is 1.88. The number of carbonyl (C=O) groups is 1. The van der Waals surface area contributed by atoms with Crippen molar-refractivity contribution in [1.82, 2.24) is 5.32 Å². The van der Waals surface area contributed by atoms with Gasteiger partial charge in [-0.2, -0.15) is 0 Å². The van der Waals surface area contributed by atoms with E-state index in [2.05, 4.69) is 17.6 Å². The Kier molecular flexibility index (Phi) is 5.55. The van der Waals surface area contributed by atoms with Crippen LogP contribution in [0.4, 0.5) is 5.69 Å². The lowest BCUT2D eigenvalue weighted by molar-refractivity contribution is -0.117. The van der Waals surface area contributed by atoms with E-state index in [0.717, 1.165) is 25.9 Å².